The lowest BCUT2D eigenvalue weighted by Crippen LogP contribution is -2.06. The maximum Gasteiger partial charge on any atom is 0.304 e. The highest BCUT2D eigenvalue weighted by Gasteiger charge is 2.07. The monoisotopic (exact) mass is 314 g/mol. The van der Waals surface area contributed by atoms with Crippen LogP contribution in [-0.4, -0.2) is 9.97 Å². The van der Waals surface area contributed by atoms with Crippen LogP contribution in [0.5, 0.6) is 0 Å². The molecule has 0 aliphatic rings. The van der Waals surface area contributed by atoms with E-state index in [1.165, 1.54) is 0 Å². The lowest BCUT2D eigenvalue weighted by molar-refractivity contribution is 1.04. The Labute approximate surface area is 110 Å². The summed E-state index contributed by atoms with van der Waals surface area (Å²) in [5, 5.41) is 4.92. The second-order valence-electron chi connectivity index (χ2n) is 3.53. The molecule has 0 amide bonds. The molecule has 2 aromatic rings. The van der Waals surface area contributed by atoms with Crippen molar-refractivity contribution >= 4 is 38.8 Å². The number of nitrogens with two attached hydrogens (primary N) is 1. The van der Waals surface area contributed by atoms with E-state index in [0.717, 1.165) is 27.1 Å². The SMILES string of the molecule is Cc1c(N)cnc(NCc2csc(=O)[nH]2)c1Br. The van der Waals surface area contributed by atoms with Gasteiger partial charge in [-0.3, -0.25) is 4.79 Å². The van der Waals surface area contributed by atoms with E-state index >= 15 is 0 Å². The van der Waals surface area contributed by atoms with Gasteiger partial charge in [-0.05, 0) is 28.4 Å². The van der Waals surface area contributed by atoms with E-state index in [2.05, 4.69) is 31.2 Å². The molecule has 2 heterocycles. The Kier molecular flexibility index (Phi) is 3.49. The molecule has 0 saturated carbocycles. The molecule has 0 atom stereocenters. The molecule has 0 spiro atoms. The number of rotatable bonds is 3. The number of halogens is 1. The molecular weight excluding hydrogens is 304 g/mol. The molecule has 90 valence electrons. The first-order valence-electron chi connectivity index (χ1n) is 4.89. The molecule has 0 aliphatic carbocycles. The van der Waals surface area contributed by atoms with E-state index in [9.17, 15) is 4.79 Å². The van der Waals surface area contributed by atoms with Gasteiger partial charge >= 0.3 is 4.87 Å². The number of pyridine rings is 1. The maximum absolute atomic E-state index is 11.0. The summed E-state index contributed by atoms with van der Waals surface area (Å²) in [5.74, 6) is 0.712. The summed E-state index contributed by atoms with van der Waals surface area (Å²) < 4.78 is 0.843. The molecule has 0 fully saturated rings. The molecule has 0 saturated heterocycles. The molecule has 0 aromatic carbocycles. The number of aromatic amines is 1. The summed E-state index contributed by atoms with van der Waals surface area (Å²) in [4.78, 5) is 17.8. The number of nitrogens with zero attached hydrogens (tertiary/aromatic N) is 1. The fraction of sp³-hybridized carbons (Fsp3) is 0.200. The summed E-state index contributed by atoms with van der Waals surface area (Å²) in [6, 6.07) is 0. The average Bonchev–Trinajstić information content (AvgIpc) is 2.71. The minimum absolute atomic E-state index is 0.0534. The fourth-order valence-electron chi connectivity index (χ4n) is 1.29. The van der Waals surface area contributed by atoms with E-state index in [-0.39, 0.29) is 4.87 Å². The Balaban J connectivity index is 2.14. The van der Waals surface area contributed by atoms with Gasteiger partial charge in [0.15, 0.2) is 0 Å². The van der Waals surface area contributed by atoms with Gasteiger partial charge in [0.25, 0.3) is 0 Å². The third kappa shape index (κ3) is 2.67. The van der Waals surface area contributed by atoms with Gasteiger partial charge in [0.05, 0.1) is 22.9 Å². The number of H-pyrrole nitrogens is 1. The highest BCUT2D eigenvalue weighted by Crippen LogP contribution is 2.27. The van der Waals surface area contributed by atoms with E-state index in [0.29, 0.717) is 18.1 Å². The standard InChI is InChI=1S/C10H11BrN4OS/c1-5-7(12)3-14-9(8(5)11)13-2-6-4-17-10(16)15-6/h3-4H,2,12H2,1H3,(H,13,14)(H,15,16). The number of hydrogen-bond donors (Lipinski definition) is 3. The molecular formula is C10H11BrN4OS. The number of aromatic nitrogens is 2. The van der Waals surface area contributed by atoms with Crippen molar-refractivity contribution in [3.8, 4) is 0 Å². The van der Waals surface area contributed by atoms with Gasteiger partial charge in [0.1, 0.15) is 5.82 Å². The zero-order chi connectivity index (χ0) is 12.4. The molecule has 0 aliphatic heterocycles. The zero-order valence-corrected chi connectivity index (χ0v) is 11.5. The van der Waals surface area contributed by atoms with Crippen LogP contribution in [0.3, 0.4) is 0 Å². The van der Waals surface area contributed by atoms with Crippen molar-refractivity contribution in [2.45, 2.75) is 13.5 Å². The molecule has 2 rings (SSSR count). The number of thiazole rings is 1. The van der Waals surface area contributed by atoms with Crippen molar-refractivity contribution in [2.24, 2.45) is 0 Å². The minimum atomic E-state index is -0.0534. The fourth-order valence-corrected chi connectivity index (χ4v) is 2.35. The smallest absolute Gasteiger partial charge is 0.304 e. The lowest BCUT2D eigenvalue weighted by atomic mass is 10.2. The van der Waals surface area contributed by atoms with Crippen molar-refractivity contribution in [3.63, 3.8) is 0 Å². The normalized spacial score (nSPS) is 10.5. The van der Waals surface area contributed by atoms with Crippen molar-refractivity contribution in [1.82, 2.24) is 9.97 Å². The van der Waals surface area contributed by atoms with Crippen LogP contribution in [0.4, 0.5) is 11.5 Å². The van der Waals surface area contributed by atoms with E-state index in [1.54, 1.807) is 11.6 Å². The van der Waals surface area contributed by atoms with Gasteiger partial charge in [-0.1, -0.05) is 11.3 Å². The van der Waals surface area contributed by atoms with Crippen LogP contribution in [0.15, 0.2) is 20.8 Å². The van der Waals surface area contributed by atoms with Crippen LogP contribution in [0.2, 0.25) is 0 Å². The van der Waals surface area contributed by atoms with E-state index in [1.807, 2.05) is 6.92 Å². The zero-order valence-electron chi connectivity index (χ0n) is 9.08. The summed E-state index contributed by atoms with van der Waals surface area (Å²) >= 11 is 4.58. The quantitative estimate of drug-likeness (QED) is 0.810. The van der Waals surface area contributed by atoms with Crippen LogP contribution in [0, 0.1) is 6.92 Å². The molecule has 0 bridgehead atoms. The van der Waals surface area contributed by atoms with Gasteiger partial charge in [-0.25, -0.2) is 4.98 Å². The van der Waals surface area contributed by atoms with Crippen LogP contribution in [0.25, 0.3) is 0 Å². The number of nitrogen functional groups attached to an aromatic ring is 1. The predicted octanol–water partition coefficient (Wildman–Crippen LogP) is 2.10. The largest absolute Gasteiger partial charge is 0.397 e. The first kappa shape index (κ1) is 12.1. The van der Waals surface area contributed by atoms with Gasteiger partial charge < -0.3 is 16.0 Å². The van der Waals surface area contributed by atoms with Crippen LogP contribution < -0.4 is 15.9 Å². The van der Waals surface area contributed by atoms with Crippen molar-refractivity contribution < 1.29 is 0 Å². The molecule has 7 heteroatoms. The summed E-state index contributed by atoms with van der Waals surface area (Å²) in [6.45, 7) is 2.44. The molecule has 0 radical (unpaired) electrons. The molecule has 17 heavy (non-hydrogen) atoms. The Hall–Kier alpha value is -1.34. The van der Waals surface area contributed by atoms with Gasteiger partial charge in [0, 0.05) is 11.1 Å². The van der Waals surface area contributed by atoms with E-state index in [4.69, 9.17) is 5.73 Å². The van der Waals surface area contributed by atoms with Gasteiger partial charge in [-0.15, -0.1) is 0 Å². The third-order valence-electron chi connectivity index (χ3n) is 2.32. The molecule has 4 N–H and O–H groups in total. The Morgan fingerprint density at radius 1 is 1.65 bits per heavy atom. The van der Waals surface area contributed by atoms with Crippen LogP contribution in [0.1, 0.15) is 11.3 Å². The van der Waals surface area contributed by atoms with Gasteiger partial charge in [0.2, 0.25) is 0 Å². The third-order valence-corrected chi connectivity index (χ3v) is 4.01. The molecule has 2 aromatic heterocycles. The van der Waals surface area contributed by atoms with Crippen molar-refractivity contribution in [2.75, 3.05) is 11.1 Å². The number of anilines is 2. The maximum atomic E-state index is 11.0. The Bertz CT molecular complexity index is 592. The summed E-state index contributed by atoms with van der Waals surface area (Å²) in [5.41, 5.74) is 8.16. The van der Waals surface area contributed by atoms with E-state index < -0.39 is 0 Å². The predicted molar refractivity (Wildman–Crippen MR) is 73.4 cm³/mol. The number of nitrogens with one attached hydrogen (secondary N) is 2. The lowest BCUT2D eigenvalue weighted by Gasteiger charge is -2.09. The van der Waals surface area contributed by atoms with Crippen molar-refractivity contribution in [1.29, 1.82) is 0 Å². The molecule has 0 unspecified atom stereocenters. The summed E-state index contributed by atoms with van der Waals surface area (Å²) in [7, 11) is 0. The highest BCUT2D eigenvalue weighted by atomic mass is 79.9. The Morgan fingerprint density at radius 2 is 2.41 bits per heavy atom. The number of hydrogen-bond acceptors (Lipinski definition) is 5. The van der Waals surface area contributed by atoms with Crippen LogP contribution >= 0.6 is 27.3 Å². The topological polar surface area (TPSA) is 83.8 Å². The highest BCUT2D eigenvalue weighted by molar-refractivity contribution is 9.10. The molecule has 5 nitrogen and oxygen atoms in total. The van der Waals surface area contributed by atoms with Gasteiger partial charge in [-0.2, -0.15) is 0 Å². The van der Waals surface area contributed by atoms with Crippen LogP contribution in [-0.2, 0) is 6.54 Å². The Morgan fingerprint density at radius 3 is 3.06 bits per heavy atom. The summed E-state index contributed by atoms with van der Waals surface area (Å²) in [6.07, 6.45) is 1.61. The first-order valence-corrected chi connectivity index (χ1v) is 6.56. The second kappa shape index (κ2) is 4.89. The second-order valence-corrected chi connectivity index (χ2v) is 5.16. The first-order chi connectivity index (χ1) is 8.08. The van der Waals surface area contributed by atoms with Crippen molar-refractivity contribution in [3.05, 3.63) is 37.0 Å². The average molecular weight is 315 g/mol. The minimum Gasteiger partial charge on any atom is -0.397 e.